The fourth-order valence-electron chi connectivity index (χ4n) is 2.20. The number of nitrogens with zero attached hydrogens (tertiary/aromatic N) is 4. The molecule has 1 amide bonds. The Bertz CT molecular complexity index is 869. The fourth-order valence-corrected chi connectivity index (χ4v) is 2.66. The molecule has 0 atom stereocenters. The van der Waals surface area contributed by atoms with Gasteiger partial charge in [0.1, 0.15) is 12.1 Å². The van der Waals surface area contributed by atoms with E-state index < -0.39 is 0 Å². The van der Waals surface area contributed by atoms with Gasteiger partial charge in [0.05, 0.1) is 17.3 Å². The largest absolute Gasteiger partial charge is 0.492 e. The number of amides is 1. The minimum atomic E-state index is -0.155. The summed E-state index contributed by atoms with van der Waals surface area (Å²) in [6.45, 7) is 0.915. The normalized spacial score (nSPS) is 10.5. The van der Waals surface area contributed by atoms with Gasteiger partial charge in [0, 0.05) is 17.1 Å². The molecular formula is C17H15Cl2N5O2. The van der Waals surface area contributed by atoms with Crippen molar-refractivity contribution < 1.29 is 9.53 Å². The quantitative estimate of drug-likeness (QED) is 0.625. The van der Waals surface area contributed by atoms with Crippen molar-refractivity contribution in [1.82, 2.24) is 25.5 Å². The van der Waals surface area contributed by atoms with Crippen LogP contribution in [0.25, 0.3) is 5.69 Å². The molecule has 0 saturated carbocycles. The number of halogens is 2. The van der Waals surface area contributed by atoms with Gasteiger partial charge < -0.3 is 10.1 Å². The molecule has 0 unspecified atom stereocenters. The predicted molar refractivity (Wildman–Crippen MR) is 98.1 cm³/mol. The Labute approximate surface area is 159 Å². The van der Waals surface area contributed by atoms with Crippen LogP contribution in [0.5, 0.6) is 5.75 Å². The van der Waals surface area contributed by atoms with Crippen LogP contribution < -0.4 is 10.1 Å². The van der Waals surface area contributed by atoms with Gasteiger partial charge in [-0.3, -0.25) is 4.79 Å². The summed E-state index contributed by atoms with van der Waals surface area (Å²) < 4.78 is 7.09. The van der Waals surface area contributed by atoms with E-state index in [1.54, 1.807) is 42.5 Å². The zero-order chi connectivity index (χ0) is 18.4. The standard InChI is InChI=1S/C17H15Cl2N5O2/c18-13-4-7-16(15(19)10-13)26-9-1-8-20-17(25)12-2-5-14(6-3-12)24-11-21-22-23-24/h2-7,10-11H,1,8-9H2,(H,20,25). The van der Waals surface area contributed by atoms with Gasteiger partial charge in [0.15, 0.2) is 0 Å². The summed E-state index contributed by atoms with van der Waals surface area (Å²) in [5.74, 6) is 0.415. The van der Waals surface area contributed by atoms with Crippen LogP contribution in [0.1, 0.15) is 16.8 Å². The number of ether oxygens (including phenoxy) is 1. The predicted octanol–water partition coefficient (Wildman–Crippen LogP) is 3.17. The molecule has 7 nitrogen and oxygen atoms in total. The summed E-state index contributed by atoms with van der Waals surface area (Å²) in [5.41, 5.74) is 1.34. The molecule has 9 heteroatoms. The van der Waals surface area contributed by atoms with E-state index in [9.17, 15) is 4.79 Å². The molecule has 0 bridgehead atoms. The van der Waals surface area contributed by atoms with E-state index >= 15 is 0 Å². The van der Waals surface area contributed by atoms with Gasteiger partial charge in [-0.2, -0.15) is 0 Å². The average molecular weight is 392 g/mol. The Morgan fingerprint density at radius 3 is 2.65 bits per heavy atom. The Morgan fingerprint density at radius 2 is 1.96 bits per heavy atom. The maximum absolute atomic E-state index is 12.1. The average Bonchev–Trinajstić information content (AvgIpc) is 3.18. The highest BCUT2D eigenvalue weighted by atomic mass is 35.5. The number of rotatable bonds is 7. The summed E-state index contributed by atoms with van der Waals surface area (Å²) in [5, 5.41) is 14.8. The van der Waals surface area contributed by atoms with E-state index in [1.807, 2.05) is 0 Å². The molecule has 0 spiro atoms. The molecular weight excluding hydrogens is 377 g/mol. The molecule has 0 aliphatic carbocycles. The fraction of sp³-hybridized carbons (Fsp3) is 0.176. The number of carbonyl (C=O) groups is 1. The number of hydrogen-bond donors (Lipinski definition) is 1. The molecule has 0 saturated heterocycles. The smallest absolute Gasteiger partial charge is 0.251 e. The van der Waals surface area contributed by atoms with E-state index in [-0.39, 0.29) is 5.91 Å². The van der Waals surface area contributed by atoms with Crippen molar-refractivity contribution in [2.75, 3.05) is 13.2 Å². The van der Waals surface area contributed by atoms with Crippen LogP contribution in [-0.4, -0.2) is 39.3 Å². The second-order valence-electron chi connectivity index (χ2n) is 5.33. The molecule has 0 radical (unpaired) electrons. The van der Waals surface area contributed by atoms with Crippen LogP contribution in [0.3, 0.4) is 0 Å². The van der Waals surface area contributed by atoms with Crippen molar-refractivity contribution in [3.63, 3.8) is 0 Å². The number of aromatic nitrogens is 4. The van der Waals surface area contributed by atoms with Crippen molar-refractivity contribution in [3.05, 3.63) is 64.4 Å². The number of tetrazole rings is 1. The highest BCUT2D eigenvalue weighted by Crippen LogP contribution is 2.27. The molecule has 3 aromatic rings. The summed E-state index contributed by atoms with van der Waals surface area (Å²) >= 11 is 11.9. The van der Waals surface area contributed by atoms with Gasteiger partial charge in [-0.1, -0.05) is 23.2 Å². The molecule has 0 aliphatic heterocycles. The molecule has 1 N–H and O–H groups in total. The highest BCUT2D eigenvalue weighted by Gasteiger charge is 2.06. The molecule has 0 aliphatic rings. The van der Waals surface area contributed by atoms with Crippen molar-refractivity contribution in [3.8, 4) is 11.4 Å². The summed E-state index contributed by atoms with van der Waals surface area (Å²) in [6.07, 6.45) is 2.13. The lowest BCUT2D eigenvalue weighted by molar-refractivity contribution is 0.0951. The first-order chi connectivity index (χ1) is 12.6. The topological polar surface area (TPSA) is 81.9 Å². The van der Waals surface area contributed by atoms with Gasteiger partial charge in [0.25, 0.3) is 5.91 Å². The van der Waals surface area contributed by atoms with Crippen molar-refractivity contribution in [2.45, 2.75) is 6.42 Å². The summed E-state index contributed by atoms with van der Waals surface area (Å²) in [7, 11) is 0. The van der Waals surface area contributed by atoms with Crippen LogP contribution in [-0.2, 0) is 0 Å². The van der Waals surface area contributed by atoms with E-state index in [0.717, 1.165) is 5.69 Å². The Hall–Kier alpha value is -2.64. The van der Waals surface area contributed by atoms with E-state index in [0.29, 0.717) is 40.9 Å². The minimum Gasteiger partial charge on any atom is -0.492 e. The maximum atomic E-state index is 12.1. The van der Waals surface area contributed by atoms with Crippen LogP contribution in [0.2, 0.25) is 10.0 Å². The molecule has 2 aromatic carbocycles. The molecule has 26 heavy (non-hydrogen) atoms. The van der Waals surface area contributed by atoms with Gasteiger partial charge in [-0.05, 0) is 59.3 Å². The third-order valence-corrected chi connectivity index (χ3v) is 4.03. The molecule has 1 heterocycles. The maximum Gasteiger partial charge on any atom is 0.251 e. The lowest BCUT2D eigenvalue weighted by Crippen LogP contribution is -2.25. The highest BCUT2D eigenvalue weighted by molar-refractivity contribution is 6.35. The monoisotopic (exact) mass is 391 g/mol. The first-order valence-corrected chi connectivity index (χ1v) is 8.58. The zero-order valence-electron chi connectivity index (χ0n) is 13.6. The number of nitrogens with one attached hydrogen (secondary N) is 1. The molecule has 1 aromatic heterocycles. The number of hydrogen-bond acceptors (Lipinski definition) is 5. The second kappa shape index (κ2) is 8.64. The van der Waals surface area contributed by atoms with Gasteiger partial charge in [0.2, 0.25) is 0 Å². The SMILES string of the molecule is O=C(NCCCOc1ccc(Cl)cc1Cl)c1ccc(-n2cnnn2)cc1. The first kappa shape index (κ1) is 18.2. The van der Waals surface area contributed by atoms with Crippen LogP contribution in [0.4, 0.5) is 0 Å². The Kier molecular flexibility index (Phi) is 6.04. The van der Waals surface area contributed by atoms with E-state index in [1.165, 1.54) is 11.0 Å². The van der Waals surface area contributed by atoms with Gasteiger partial charge in [-0.25, -0.2) is 4.68 Å². The lowest BCUT2D eigenvalue weighted by atomic mass is 10.2. The number of carbonyl (C=O) groups excluding carboxylic acids is 1. The second-order valence-corrected chi connectivity index (χ2v) is 6.18. The van der Waals surface area contributed by atoms with Crippen molar-refractivity contribution >= 4 is 29.1 Å². The Morgan fingerprint density at radius 1 is 1.15 bits per heavy atom. The number of benzene rings is 2. The summed E-state index contributed by atoms with van der Waals surface area (Å²) in [4.78, 5) is 12.1. The zero-order valence-corrected chi connectivity index (χ0v) is 15.1. The van der Waals surface area contributed by atoms with E-state index in [4.69, 9.17) is 27.9 Å². The third kappa shape index (κ3) is 4.71. The molecule has 0 fully saturated rings. The minimum absolute atomic E-state index is 0.155. The molecule has 3 rings (SSSR count). The molecule has 134 valence electrons. The Balaban J connectivity index is 1.42. The van der Waals surface area contributed by atoms with Gasteiger partial charge >= 0.3 is 0 Å². The van der Waals surface area contributed by atoms with Crippen molar-refractivity contribution in [2.24, 2.45) is 0 Å². The third-order valence-electron chi connectivity index (χ3n) is 3.50. The van der Waals surface area contributed by atoms with Crippen LogP contribution >= 0.6 is 23.2 Å². The van der Waals surface area contributed by atoms with Crippen LogP contribution in [0.15, 0.2) is 48.8 Å². The van der Waals surface area contributed by atoms with Crippen LogP contribution in [0, 0.1) is 0 Å². The lowest BCUT2D eigenvalue weighted by Gasteiger charge is -2.09. The van der Waals surface area contributed by atoms with Crippen molar-refractivity contribution in [1.29, 1.82) is 0 Å². The summed E-state index contributed by atoms with van der Waals surface area (Å²) in [6, 6.07) is 12.0. The van der Waals surface area contributed by atoms with E-state index in [2.05, 4.69) is 20.8 Å². The van der Waals surface area contributed by atoms with Gasteiger partial charge in [-0.15, -0.1) is 5.10 Å². The first-order valence-electron chi connectivity index (χ1n) is 7.83.